The first-order chi connectivity index (χ1) is 6.26. The molecule has 0 aromatic carbocycles. The standard InChI is InChI=1S/C13H18/c1-5-8-10-12(4)13(7-3)11-9-6-2/h5-6,8-11H,1,4,7H2,2-3H3/b9-6-,10-8-,13-11+. The van der Waals surface area contributed by atoms with Crippen LogP contribution in [0.4, 0.5) is 0 Å². The lowest BCUT2D eigenvalue weighted by Crippen LogP contribution is -1.81. The SMILES string of the molecule is C=C/C=C\C(=C)/C(=C/C=C\C)CC. The van der Waals surface area contributed by atoms with Gasteiger partial charge in [0.05, 0.1) is 0 Å². The van der Waals surface area contributed by atoms with Crippen molar-refractivity contribution in [2.45, 2.75) is 20.3 Å². The van der Waals surface area contributed by atoms with E-state index in [0.29, 0.717) is 0 Å². The average Bonchev–Trinajstić information content (AvgIpc) is 2.16. The van der Waals surface area contributed by atoms with Gasteiger partial charge in [0.25, 0.3) is 0 Å². The van der Waals surface area contributed by atoms with Crippen molar-refractivity contribution < 1.29 is 0 Å². The van der Waals surface area contributed by atoms with E-state index in [1.54, 1.807) is 6.08 Å². The summed E-state index contributed by atoms with van der Waals surface area (Å²) >= 11 is 0. The van der Waals surface area contributed by atoms with Gasteiger partial charge in [-0.15, -0.1) is 0 Å². The Hall–Kier alpha value is -1.30. The van der Waals surface area contributed by atoms with E-state index >= 15 is 0 Å². The van der Waals surface area contributed by atoms with Crippen molar-refractivity contribution in [1.29, 1.82) is 0 Å². The van der Waals surface area contributed by atoms with E-state index in [9.17, 15) is 0 Å². The summed E-state index contributed by atoms with van der Waals surface area (Å²) < 4.78 is 0. The normalized spacial score (nSPS) is 12.6. The molecule has 0 spiro atoms. The maximum absolute atomic E-state index is 3.98. The van der Waals surface area contributed by atoms with E-state index in [0.717, 1.165) is 12.0 Å². The molecular weight excluding hydrogens is 156 g/mol. The van der Waals surface area contributed by atoms with Gasteiger partial charge in [0.1, 0.15) is 0 Å². The molecule has 0 fully saturated rings. The van der Waals surface area contributed by atoms with Crippen LogP contribution in [0.1, 0.15) is 20.3 Å². The second-order valence-corrected chi connectivity index (χ2v) is 2.69. The monoisotopic (exact) mass is 174 g/mol. The minimum Gasteiger partial charge on any atom is -0.0991 e. The molecule has 0 saturated carbocycles. The third-order valence-electron chi connectivity index (χ3n) is 1.72. The fourth-order valence-electron chi connectivity index (χ4n) is 0.956. The Morgan fingerprint density at radius 1 is 1.31 bits per heavy atom. The average molecular weight is 174 g/mol. The van der Waals surface area contributed by atoms with Crippen LogP contribution in [0.15, 0.2) is 60.8 Å². The van der Waals surface area contributed by atoms with Gasteiger partial charge in [-0.1, -0.05) is 56.5 Å². The van der Waals surface area contributed by atoms with Gasteiger partial charge in [0.15, 0.2) is 0 Å². The minimum atomic E-state index is 1.00. The molecule has 0 nitrogen and oxygen atoms in total. The lowest BCUT2D eigenvalue weighted by molar-refractivity contribution is 1.13. The Labute approximate surface area is 81.7 Å². The highest BCUT2D eigenvalue weighted by Crippen LogP contribution is 2.13. The van der Waals surface area contributed by atoms with Crippen LogP contribution in [0.2, 0.25) is 0 Å². The molecule has 0 heteroatoms. The lowest BCUT2D eigenvalue weighted by Gasteiger charge is -2.01. The van der Waals surface area contributed by atoms with Crippen LogP contribution < -0.4 is 0 Å². The van der Waals surface area contributed by atoms with Crippen molar-refractivity contribution in [3.63, 3.8) is 0 Å². The summed E-state index contributed by atoms with van der Waals surface area (Å²) in [5.41, 5.74) is 2.32. The summed E-state index contributed by atoms with van der Waals surface area (Å²) in [6.45, 7) is 11.7. The summed E-state index contributed by atoms with van der Waals surface area (Å²) in [6.07, 6.45) is 12.8. The molecule has 0 aromatic rings. The van der Waals surface area contributed by atoms with Gasteiger partial charge < -0.3 is 0 Å². The molecule has 70 valence electrons. The molecule has 0 aliphatic heterocycles. The van der Waals surface area contributed by atoms with Crippen LogP contribution in [0.25, 0.3) is 0 Å². The van der Waals surface area contributed by atoms with Gasteiger partial charge in [-0.3, -0.25) is 0 Å². The van der Waals surface area contributed by atoms with Crippen LogP contribution in [-0.2, 0) is 0 Å². The highest BCUT2D eigenvalue weighted by Gasteiger charge is 1.93. The first kappa shape index (κ1) is 11.7. The molecule has 0 radical (unpaired) electrons. The Morgan fingerprint density at radius 3 is 2.46 bits per heavy atom. The Kier molecular flexibility index (Phi) is 6.62. The van der Waals surface area contributed by atoms with Crippen LogP contribution in [0, 0.1) is 0 Å². The lowest BCUT2D eigenvalue weighted by atomic mass is 10.0. The molecule has 0 N–H and O–H groups in total. The summed E-state index contributed by atoms with van der Waals surface area (Å²) in [6, 6.07) is 0. The summed E-state index contributed by atoms with van der Waals surface area (Å²) in [4.78, 5) is 0. The van der Waals surface area contributed by atoms with Crippen molar-refractivity contribution in [2.24, 2.45) is 0 Å². The smallest absolute Gasteiger partial charge is 0.0297 e. The third kappa shape index (κ3) is 5.02. The van der Waals surface area contributed by atoms with Crippen LogP contribution >= 0.6 is 0 Å². The fourth-order valence-corrected chi connectivity index (χ4v) is 0.956. The molecule has 0 amide bonds. The molecular formula is C13H18. The zero-order chi connectivity index (χ0) is 10.1. The van der Waals surface area contributed by atoms with E-state index in [2.05, 4.69) is 26.2 Å². The van der Waals surface area contributed by atoms with Gasteiger partial charge >= 0.3 is 0 Å². The second kappa shape index (κ2) is 7.35. The van der Waals surface area contributed by atoms with E-state index in [-0.39, 0.29) is 0 Å². The fraction of sp³-hybridized carbons (Fsp3) is 0.231. The van der Waals surface area contributed by atoms with E-state index in [4.69, 9.17) is 0 Å². The highest BCUT2D eigenvalue weighted by molar-refractivity contribution is 5.39. The maximum atomic E-state index is 3.98. The van der Waals surface area contributed by atoms with Crippen molar-refractivity contribution in [3.05, 3.63) is 60.8 Å². The van der Waals surface area contributed by atoms with Crippen molar-refractivity contribution in [3.8, 4) is 0 Å². The number of hydrogen-bond donors (Lipinski definition) is 0. The van der Waals surface area contributed by atoms with E-state index in [1.165, 1.54) is 5.57 Å². The predicted octanol–water partition coefficient (Wildman–Crippen LogP) is 4.20. The molecule has 0 atom stereocenters. The molecule has 0 aromatic heterocycles. The van der Waals surface area contributed by atoms with Crippen LogP contribution in [-0.4, -0.2) is 0 Å². The molecule has 0 heterocycles. The van der Waals surface area contributed by atoms with E-state index in [1.807, 2.05) is 31.2 Å². The van der Waals surface area contributed by atoms with Gasteiger partial charge in [-0.05, 0) is 24.5 Å². The summed E-state index contributed by atoms with van der Waals surface area (Å²) in [7, 11) is 0. The number of hydrogen-bond acceptors (Lipinski definition) is 0. The largest absolute Gasteiger partial charge is 0.0991 e. The van der Waals surface area contributed by atoms with Crippen molar-refractivity contribution in [2.75, 3.05) is 0 Å². The van der Waals surface area contributed by atoms with Gasteiger partial charge in [-0.25, -0.2) is 0 Å². The van der Waals surface area contributed by atoms with Crippen molar-refractivity contribution >= 4 is 0 Å². The van der Waals surface area contributed by atoms with Crippen molar-refractivity contribution in [1.82, 2.24) is 0 Å². The quantitative estimate of drug-likeness (QED) is 0.548. The predicted molar refractivity (Wildman–Crippen MR) is 61.7 cm³/mol. The number of allylic oxidation sites excluding steroid dienone is 8. The Bertz CT molecular complexity index is 249. The van der Waals surface area contributed by atoms with Gasteiger partial charge in [-0.2, -0.15) is 0 Å². The zero-order valence-electron chi connectivity index (χ0n) is 8.59. The molecule has 0 rings (SSSR count). The third-order valence-corrected chi connectivity index (χ3v) is 1.72. The number of rotatable bonds is 5. The summed E-state index contributed by atoms with van der Waals surface area (Å²) in [5, 5.41) is 0. The molecule has 0 unspecified atom stereocenters. The topological polar surface area (TPSA) is 0 Å². The first-order valence-corrected chi connectivity index (χ1v) is 4.56. The van der Waals surface area contributed by atoms with Crippen LogP contribution in [0.3, 0.4) is 0 Å². The molecule has 0 aliphatic carbocycles. The van der Waals surface area contributed by atoms with E-state index < -0.39 is 0 Å². The Morgan fingerprint density at radius 2 is 2.00 bits per heavy atom. The Balaban J connectivity index is 4.49. The van der Waals surface area contributed by atoms with Crippen LogP contribution in [0.5, 0.6) is 0 Å². The second-order valence-electron chi connectivity index (χ2n) is 2.69. The van der Waals surface area contributed by atoms with Gasteiger partial charge in [0.2, 0.25) is 0 Å². The highest BCUT2D eigenvalue weighted by atomic mass is 14.0. The molecule has 13 heavy (non-hydrogen) atoms. The van der Waals surface area contributed by atoms with Gasteiger partial charge in [0, 0.05) is 0 Å². The molecule has 0 bridgehead atoms. The minimum absolute atomic E-state index is 1.00. The zero-order valence-corrected chi connectivity index (χ0v) is 8.59. The molecule has 0 aliphatic rings. The maximum Gasteiger partial charge on any atom is -0.0297 e. The molecule has 0 saturated heterocycles. The summed E-state index contributed by atoms with van der Waals surface area (Å²) in [5.74, 6) is 0. The first-order valence-electron chi connectivity index (χ1n) is 4.56.